The van der Waals surface area contributed by atoms with Crippen molar-refractivity contribution >= 4 is 24.0 Å². The number of piperidine rings is 1. The molecule has 7 nitrogen and oxygen atoms in total. The van der Waals surface area contributed by atoms with Crippen molar-refractivity contribution in [3.05, 3.63) is 39.9 Å². The van der Waals surface area contributed by atoms with E-state index in [-0.39, 0.29) is 42.6 Å². The number of nitro groups is 1. The molecule has 2 N–H and O–H groups in total. The maximum Gasteiger partial charge on any atom is 0.269 e. The fourth-order valence-electron chi connectivity index (χ4n) is 2.79. The van der Waals surface area contributed by atoms with Gasteiger partial charge in [-0.25, -0.2) is 0 Å². The Balaban J connectivity index is 0.00000264. The maximum atomic E-state index is 12.4. The number of hydrogen-bond acceptors (Lipinski definition) is 5. The van der Waals surface area contributed by atoms with Crippen LogP contribution in [0.1, 0.15) is 18.4 Å². The first-order chi connectivity index (χ1) is 10.5. The van der Waals surface area contributed by atoms with E-state index >= 15 is 0 Å². The maximum absolute atomic E-state index is 12.4. The molecule has 0 spiro atoms. The van der Waals surface area contributed by atoms with Crippen LogP contribution in [0.2, 0.25) is 0 Å². The first-order valence-corrected chi connectivity index (χ1v) is 7.30. The predicted octanol–water partition coefficient (Wildman–Crippen LogP) is 1.52. The molecule has 0 saturated carbocycles. The summed E-state index contributed by atoms with van der Waals surface area (Å²) in [4.78, 5) is 24.4. The van der Waals surface area contributed by atoms with Gasteiger partial charge in [-0.05, 0) is 18.4 Å². The van der Waals surface area contributed by atoms with Crippen LogP contribution < -0.4 is 5.73 Å². The van der Waals surface area contributed by atoms with Crippen LogP contribution in [0.5, 0.6) is 0 Å². The molecular formula is C15H22ClN3O4. The van der Waals surface area contributed by atoms with Crippen molar-refractivity contribution < 1.29 is 14.5 Å². The molecule has 23 heavy (non-hydrogen) atoms. The molecule has 0 radical (unpaired) electrons. The topological polar surface area (TPSA) is 98.7 Å². The van der Waals surface area contributed by atoms with E-state index in [4.69, 9.17) is 10.5 Å². The number of amides is 1. The number of carbonyl (C=O) groups excluding carboxylic acids is 1. The van der Waals surface area contributed by atoms with Gasteiger partial charge in [-0.3, -0.25) is 14.9 Å². The van der Waals surface area contributed by atoms with E-state index in [0.717, 1.165) is 18.4 Å². The Morgan fingerprint density at radius 3 is 2.61 bits per heavy atom. The fourth-order valence-corrected chi connectivity index (χ4v) is 2.79. The van der Waals surface area contributed by atoms with Crippen LogP contribution in [0.3, 0.4) is 0 Å². The van der Waals surface area contributed by atoms with Crippen molar-refractivity contribution in [2.45, 2.75) is 31.4 Å². The smallest absolute Gasteiger partial charge is 0.269 e. The van der Waals surface area contributed by atoms with E-state index in [0.29, 0.717) is 13.1 Å². The number of rotatable bonds is 5. The van der Waals surface area contributed by atoms with E-state index in [1.807, 2.05) is 0 Å². The molecule has 1 fully saturated rings. The Morgan fingerprint density at radius 1 is 1.43 bits per heavy atom. The van der Waals surface area contributed by atoms with E-state index in [2.05, 4.69) is 0 Å². The van der Waals surface area contributed by atoms with Crippen molar-refractivity contribution in [1.82, 2.24) is 4.90 Å². The Bertz CT molecular complexity index is 538. The quantitative estimate of drug-likeness (QED) is 0.645. The van der Waals surface area contributed by atoms with E-state index in [1.165, 1.54) is 12.1 Å². The van der Waals surface area contributed by atoms with Crippen LogP contribution in [-0.4, -0.2) is 48.1 Å². The highest BCUT2D eigenvalue weighted by Crippen LogP contribution is 2.21. The third kappa shape index (κ3) is 4.89. The lowest BCUT2D eigenvalue weighted by Crippen LogP contribution is -2.51. The minimum absolute atomic E-state index is 0. The summed E-state index contributed by atoms with van der Waals surface area (Å²) in [6, 6.07) is 6.06. The van der Waals surface area contributed by atoms with Crippen LogP contribution in [0.25, 0.3) is 0 Å². The van der Waals surface area contributed by atoms with Gasteiger partial charge >= 0.3 is 0 Å². The molecule has 1 saturated heterocycles. The summed E-state index contributed by atoms with van der Waals surface area (Å²) in [5.41, 5.74) is 6.56. The zero-order valence-corrected chi connectivity index (χ0v) is 13.8. The van der Waals surface area contributed by atoms with Crippen LogP contribution in [0.4, 0.5) is 5.69 Å². The summed E-state index contributed by atoms with van der Waals surface area (Å²) < 4.78 is 5.35. The molecule has 0 aliphatic carbocycles. The van der Waals surface area contributed by atoms with Gasteiger partial charge in [0.25, 0.3) is 5.69 Å². The number of methoxy groups -OCH3 is 1. The number of nitrogens with zero attached hydrogens (tertiary/aromatic N) is 2. The zero-order chi connectivity index (χ0) is 16.1. The third-order valence-electron chi connectivity index (χ3n) is 4.10. The lowest BCUT2D eigenvalue weighted by atomic mass is 9.98. The molecule has 1 aromatic carbocycles. The van der Waals surface area contributed by atoms with Gasteiger partial charge in [0, 0.05) is 38.4 Å². The summed E-state index contributed by atoms with van der Waals surface area (Å²) >= 11 is 0. The van der Waals surface area contributed by atoms with Crippen LogP contribution in [0.15, 0.2) is 24.3 Å². The molecule has 0 aromatic heterocycles. The molecule has 1 aliphatic heterocycles. The lowest BCUT2D eigenvalue weighted by molar-refractivity contribution is -0.384. The zero-order valence-electron chi connectivity index (χ0n) is 13.0. The normalized spacial score (nSPS) is 20.7. The number of hydrogen-bond donors (Lipinski definition) is 1. The summed E-state index contributed by atoms with van der Waals surface area (Å²) in [6.07, 6.45) is 1.93. The van der Waals surface area contributed by atoms with E-state index < -0.39 is 4.92 Å². The summed E-state index contributed by atoms with van der Waals surface area (Å²) in [5, 5.41) is 10.6. The molecule has 1 aliphatic rings. The third-order valence-corrected chi connectivity index (χ3v) is 4.10. The highest BCUT2D eigenvalue weighted by molar-refractivity contribution is 5.85. The Morgan fingerprint density at radius 2 is 2.09 bits per heavy atom. The average Bonchev–Trinajstić information content (AvgIpc) is 2.54. The summed E-state index contributed by atoms with van der Waals surface area (Å²) in [7, 11) is 1.67. The monoisotopic (exact) mass is 343 g/mol. The molecular weight excluding hydrogens is 322 g/mol. The number of nitrogens with two attached hydrogens (primary N) is 1. The minimum atomic E-state index is -0.453. The van der Waals surface area contributed by atoms with E-state index in [1.54, 1.807) is 24.1 Å². The highest BCUT2D eigenvalue weighted by Gasteiger charge is 2.30. The molecule has 0 bridgehead atoms. The standard InChI is InChI=1S/C15H21N3O4.ClH/c1-22-14-6-7-17(13(9-14)10-16)15(19)8-11-2-4-12(5-3-11)18(20)21;/h2-5,13-14H,6-10,16H2,1H3;1H. The molecule has 8 heteroatoms. The molecule has 1 heterocycles. The first-order valence-electron chi connectivity index (χ1n) is 7.30. The number of ether oxygens (including phenoxy) is 1. The number of halogens is 1. The number of nitro benzene ring substituents is 1. The van der Waals surface area contributed by atoms with Gasteiger partial charge in [-0.1, -0.05) is 12.1 Å². The second kappa shape index (κ2) is 8.81. The summed E-state index contributed by atoms with van der Waals surface area (Å²) in [6.45, 7) is 1.04. The molecule has 2 atom stereocenters. The second-order valence-electron chi connectivity index (χ2n) is 5.46. The van der Waals surface area contributed by atoms with Gasteiger partial charge in [0.2, 0.25) is 5.91 Å². The van der Waals surface area contributed by atoms with Crippen molar-refractivity contribution in [2.75, 3.05) is 20.2 Å². The first kappa shape index (κ1) is 19.3. The summed E-state index contributed by atoms with van der Waals surface area (Å²) in [5.74, 6) is -0.00106. The Labute approximate surface area is 141 Å². The van der Waals surface area contributed by atoms with Crippen molar-refractivity contribution in [1.29, 1.82) is 0 Å². The van der Waals surface area contributed by atoms with Crippen LogP contribution in [-0.2, 0) is 16.0 Å². The van der Waals surface area contributed by atoms with Gasteiger partial charge in [-0.2, -0.15) is 0 Å². The minimum Gasteiger partial charge on any atom is -0.381 e. The van der Waals surface area contributed by atoms with Crippen molar-refractivity contribution in [3.63, 3.8) is 0 Å². The van der Waals surface area contributed by atoms with Crippen molar-refractivity contribution in [2.24, 2.45) is 5.73 Å². The van der Waals surface area contributed by atoms with Gasteiger partial charge < -0.3 is 15.4 Å². The highest BCUT2D eigenvalue weighted by atomic mass is 35.5. The fraction of sp³-hybridized carbons (Fsp3) is 0.533. The Kier molecular flexibility index (Phi) is 7.41. The SMILES string of the molecule is COC1CCN(C(=O)Cc2ccc([N+](=O)[O-])cc2)C(CN)C1.Cl. The number of benzene rings is 1. The van der Waals surface area contributed by atoms with Crippen LogP contribution >= 0.6 is 12.4 Å². The number of likely N-dealkylation sites (tertiary alicyclic amines) is 1. The van der Waals surface area contributed by atoms with Gasteiger partial charge in [0.05, 0.1) is 17.4 Å². The molecule has 1 aromatic rings. The largest absolute Gasteiger partial charge is 0.381 e. The predicted molar refractivity (Wildman–Crippen MR) is 88.6 cm³/mol. The van der Waals surface area contributed by atoms with E-state index in [9.17, 15) is 14.9 Å². The second-order valence-corrected chi connectivity index (χ2v) is 5.46. The molecule has 2 rings (SSSR count). The molecule has 128 valence electrons. The molecule has 2 unspecified atom stereocenters. The molecule has 1 amide bonds. The van der Waals surface area contributed by atoms with Gasteiger partial charge in [-0.15, -0.1) is 12.4 Å². The Hall–Kier alpha value is -1.70. The van der Waals surface area contributed by atoms with Crippen LogP contribution in [0, 0.1) is 10.1 Å². The van der Waals surface area contributed by atoms with Gasteiger partial charge in [0.1, 0.15) is 0 Å². The number of carbonyl (C=O) groups is 1. The van der Waals surface area contributed by atoms with Crippen molar-refractivity contribution in [3.8, 4) is 0 Å². The lowest BCUT2D eigenvalue weighted by Gasteiger charge is -2.38. The number of non-ortho nitro benzene ring substituents is 1. The van der Waals surface area contributed by atoms with Gasteiger partial charge in [0.15, 0.2) is 0 Å². The average molecular weight is 344 g/mol.